The highest BCUT2D eigenvalue weighted by Gasteiger charge is 2.36. The van der Waals surface area contributed by atoms with Crippen molar-refractivity contribution in [3.63, 3.8) is 0 Å². The molecule has 0 bridgehead atoms. The van der Waals surface area contributed by atoms with Crippen LogP contribution in [0.3, 0.4) is 0 Å². The molecule has 0 spiro atoms. The number of benzene rings is 1. The molecule has 2 aliphatic rings. The van der Waals surface area contributed by atoms with E-state index in [9.17, 15) is 4.79 Å². The number of fused-ring (bicyclic) bond motifs is 1. The van der Waals surface area contributed by atoms with Crippen molar-refractivity contribution in [3.05, 3.63) is 42.1 Å². The van der Waals surface area contributed by atoms with Crippen LogP contribution in [0.4, 0.5) is 0 Å². The van der Waals surface area contributed by atoms with E-state index in [1.165, 1.54) is 25.8 Å². The Balaban J connectivity index is 1.45. The van der Waals surface area contributed by atoms with E-state index in [1.54, 1.807) is 6.07 Å². The molecule has 1 N–H and O–H groups in total. The highest BCUT2D eigenvalue weighted by molar-refractivity contribution is 5.93. The predicted molar refractivity (Wildman–Crippen MR) is 87.0 cm³/mol. The predicted octanol–water partition coefficient (Wildman–Crippen LogP) is 2.70. The first-order valence-electron chi connectivity index (χ1n) is 8.38. The van der Waals surface area contributed by atoms with Gasteiger partial charge >= 0.3 is 0 Å². The Hall–Kier alpha value is -2.14. The fourth-order valence-corrected chi connectivity index (χ4v) is 3.78. The molecule has 0 saturated carbocycles. The zero-order chi connectivity index (χ0) is 15.6. The maximum absolute atomic E-state index is 12.5. The molecule has 0 radical (unpaired) electrons. The van der Waals surface area contributed by atoms with Crippen LogP contribution in [0, 0.1) is 0 Å². The van der Waals surface area contributed by atoms with Gasteiger partial charge in [0.15, 0.2) is 11.5 Å². The van der Waals surface area contributed by atoms with Crippen molar-refractivity contribution in [1.29, 1.82) is 0 Å². The molecule has 0 unspecified atom stereocenters. The number of aromatic nitrogens is 1. The van der Waals surface area contributed by atoms with Gasteiger partial charge in [0.2, 0.25) is 0 Å². The average molecular weight is 311 g/mol. The minimum atomic E-state index is -0.131. The quantitative estimate of drug-likeness (QED) is 0.947. The molecule has 1 amide bonds. The number of carbonyl (C=O) groups excluding carboxylic acids is 1. The van der Waals surface area contributed by atoms with Crippen LogP contribution in [0.25, 0.3) is 11.3 Å². The van der Waals surface area contributed by atoms with E-state index in [4.69, 9.17) is 4.52 Å². The molecular weight excluding hydrogens is 290 g/mol. The van der Waals surface area contributed by atoms with Crippen LogP contribution in [0.5, 0.6) is 0 Å². The average Bonchev–Trinajstić information content (AvgIpc) is 3.24. The van der Waals surface area contributed by atoms with Crippen molar-refractivity contribution in [2.45, 2.75) is 37.8 Å². The second-order valence-corrected chi connectivity index (χ2v) is 6.41. The molecule has 0 aliphatic carbocycles. The van der Waals surface area contributed by atoms with Gasteiger partial charge in [-0.2, -0.15) is 0 Å². The van der Waals surface area contributed by atoms with Crippen molar-refractivity contribution in [3.8, 4) is 11.3 Å². The molecule has 2 aromatic rings. The summed E-state index contributed by atoms with van der Waals surface area (Å²) in [6, 6.07) is 12.2. The Bertz CT molecular complexity index is 683. The van der Waals surface area contributed by atoms with Crippen LogP contribution < -0.4 is 5.32 Å². The summed E-state index contributed by atoms with van der Waals surface area (Å²) in [5.41, 5.74) is 1.29. The van der Waals surface area contributed by atoms with Crippen LogP contribution in [0.15, 0.2) is 40.9 Å². The van der Waals surface area contributed by atoms with Crippen molar-refractivity contribution in [2.75, 3.05) is 13.1 Å². The van der Waals surface area contributed by atoms with E-state index in [0.717, 1.165) is 18.5 Å². The molecule has 2 aliphatic heterocycles. The molecule has 5 nitrogen and oxygen atoms in total. The number of rotatable bonds is 3. The van der Waals surface area contributed by atoms with Crippen molar-refractivity contribution >= 4 is 5.91 Å². The van der Waals surface area contributed by atoms with Gasteiger partial charge in [-0.15, -0.1) is 0 Å². The van der Waals surface area contributed by atoms with Gasteiger partial charge < -0.3 is 9.84 Å². The summed E-state index contributed by atoms with van der Waals surface area (Å²) in [4.78, 5) is 15.0. The molecular formula is C18H21N3O2. The maximum atomic E-state index is 12.5. The summed E-state index contributed by atoms with van der Waals surface area (Å²) in [5, 5.41) is 7.09. The van der Waals surface area contributed by atoms with Crippen LogP contribution in [0.1, 0.15) is 36.2 Å². The first-order chi connectivity index (χ1) is 11.3. The third kappa shape index (κ3) is 2.88. The topological polar surface area (TPSA) is 58.4 Å². The molecule has 2 saturated heterocycles. The van der Waals surface area contributed by atoms with Gasteiger partial charge in [-0.3, -0.25) is 9.69 Å². The number of hydrogen-bond acceptors (Lipinski definition) is 4. The molecule has 1 aromatic carbocycles. The summed E-state index contributed by atoms with van der Waals surface area (Å²) in [7, 11) is 0. The van der Waals surface area contributed by atoms with Crippen LogP contribution in [-0.2, 0) is 0 Å². The monoisotopic (exact) mass is 311 g/mol. The molecule has 3 heterocycles. The van der Waals surface area contributed by atoms with Gasteiger partial charge in [0, 0.05) is 30.3 Å². The molecule has 1 aromatic heterocycles. The first kappa shape index (κ1) is 14.5. The number of nitrogens with one attached hydrogen (secondary N) is 1. The van der Waals surface area contributed by atoms with E-state index in [2.05, 4.69) is 15.4 Å². The van der Waals surface area contributed by atoms with Gasteiger partial charge in [-0.05, 0) is 25.8 Å². The zero-order valence-corrected chi connectivity index (χ0v) is 13.1. The zero-order valence-electron chi connectivity index (χ0n) is 13.1. The van der Waals surface area contributed by atoms with Crippen molar-refractivity contribution in [1.82, 2.24) is 15.4 Å². The lowest BCUT2D eigenvalue weighted by atomic mass is 9.99. The molecule has 23 heavy (non-hydrogen) atoms. The van der Waals surface area contributed by atoms with Crippen LogP contribution in [-0.4, -0.2) is 41.1 Å². The largest absolute Gasteiger partial charge is 0.355 e. The van der Waals surface area contributed by atoms with Gasteiger partial charge in [0.25, 0.3) is 5.91 Å². The Morgan fingerprint density at radius 3 is 2.91 bits per heavy atom. The lowest BCUT2D eigenvalue weighted by Gasteiger charge is -2.32. The van der Waals surface area contributed by atoms with Crippen LogP contribution >= 0.6 is 0 Å². The van der Waals surface area contributed by atoms with Crippen molar-refractivity contribution in [2.24, 2.45) is 0 Å². The lowest BCUT2D eigenvalue weighted by Crippen LogP contribution is -2.46. The smallest absolute Gasteiger partial charge is 0.273 e. The molecule has 2 fully saturated rings. The van der Waals surface area contributed by atoms with Gasteiger partial charge in [0.05, 0.1) is 0 Å². The third-order valence-corrected chi connectivity index (χ3v) is 4.97. The number of amides is 1. The Kier molecular flexibility index (Phi) is 3.87. The molecule has 120 valence electrons. The SMILES string of the molecule is O=C(N[C@@H]1CCN2CCCC[C@@H]12)c1cc(-c2ccccc2)on1. The molecule has 4 rings (SSSR count). The van der Waals surface area contributed by atoms with Gasteiger partial charge in [-0.25, -0.2) is 0 Å². The van der Waals surface area contributed by atoms with E-state index >= 15 is 0 Å². The first-order valence-corrected chi connectivity index (χ1v) is 8.38. The second kappa shape index (κ2) is 6.16. The molecule has 2 atom stereocenters. The van der Waals surface area contributed by atoms with E-state index < -0.39 is 0 Å². The minimum Gasteiger partial charge on any atom is -0.355 e. The van der Waals surface area contributed by atoms with Crippen LogP contribution in [0.2, 0.25) is 0 Å². The van der Waals surface area contributed by atoms with Crippen molar-refractivity contribution < 1.29 is 9.32 Å². The van der Waals surface area contributed by atoms with E-state index in [1.807, 2.05) is 30.3 Å². The highest BCUT2D eigenvalue weighted by Crippen LogP contribution is 2.27. The normalized spacial score (nSPS) is 24.3. The summed E-state index contributed by atoms with van der Waals surface area (Å²) in [5.74, 6) is 0.495. The minimum absolute atomic E-state index is 0.131. The Morgan fingerprint density at radius 1 is 1.17 bits per heavy atom. The third-order valence-electron chi connectivity index (χ3n) is 4.97. The van der Waals surface area contributed by atoms with E-state index in [-0.39, 0.29) is 11.9 Å². The van der Waals surface area contributed by atoms with E-state index in [0.29, 0.717) is 17.5 Å². The number of nitrogens with zero attached hydrogens (tertiary/aromatic N) is 2. The number of hydrogen-bond donors (Lipinski definition) is 1. The lowest BCUT2D eigenvalue weighted by molar-refractivity contribution is 0.0906. The fourth-order valence-electron chi connectivity index (χ4n) is 3.78. The summed E-state index contributed by atoms with van der Waals surface area (Å²) in [6.07, 6.45) is 4.75. The summed E-state index contributed by atoms with van der Waals surface area (Å²) in [6.45, 7) is 2.25. The summed E-state index contributed by atoms with van der Waals surface area (Å²) < 4.78 is 5.32. The Labute approximate surface area is 135 Å². The second-order valence-electron chi connectivity index (χ2n) is 6.41. The molecule has 5 heteroatoms. The standard InChI is InChI=1S/C18H21N3O2/c22-18(19-14-9-11-21-10-5-4-8-16(14)21)15-12-17(23-20-15)13-6-2-1-3-7-13/h1-3,6-7,12,14,16H,4-5,8-11H2,(H,19,22)/t14-,16+/m1/s1. The highest BCUT2D eigenvalue weighted by atomic mass is 16.5. The van der Waals surface area contributed by atoms with Gasteiger partial charge in [0.1, 0.15) is 0 Å². The number of carbonyl (C=O) groups is 1. The maximum Gasteiger partial charge on any atom is 0.273 e. The van der Waals surface area contributed by atoms with Gasteiger partial charge in [-0.1, -0.05) is 41.9 Å². The summed E-state index contributed by atoms with van der Waals surface area (Å²) >= 11 is 0. The number of piperidine rings is 1. The Morgan fingerprint density at radius 2 is 2.04 bits per heavy atom. The fraction of sp³-hybridized carbons (Fsp3) is 0.444.